The van der Waals surface area contributed by atoms with E-state index >= 15 is 0 Å². The lowest BCUT2D eigenvalue weighted by Gasteiger charge is -2.32. The number of hydrogen-bond donors (Lipinski definition) is 3. The smallest absolute Gasteiger partial charge is 0.408 e. The van der Waals surface area contributed by atoms with Crippen LogP contribution in [0.1, 0.15) is 113 Å². The molecule has 0 bridgehead atoms. The summed E-state index contributed by atoms with van der Waals surface area (Å²) in [5.74, 6) is -1.69. The minimum atomic E-state index is -3.69. The first-order valence-corrected chi connectivity index (χ1v) is 22.8. The normalized spacial score (nSPS) is 23.1. The van der Waals surface area contributed by atoms with Crippen molar-refractivity contribution in [3.8, 4) is 11.8 Å². The summed E-state index contributed by atoms with van der Waals surface area (Å²) in [6.07, 6.45) is 9.01. The molecular formula is C43H62ClN5O9S. The van der Waals surface area contributed by atoms with E-state index in [1.54, 1.807) is 45.9 Å². The molecule has 1 unspecified atom stereocenters. The number of nitrogens with two attached hydrogens (primary N) is 1. The van der Waals surface area contributed by atoms with Crippen LogP contribution >= 0.6 is 11.6 Å². The van der Waals surface area contributed by atoms with E-state index in [9.17, 15) is 27.6 Å². The first kappa shape index (κ1) is 46.0. The second-order valence-corrected chi connectivity index (χ2v) is 20.5. The number of carbonyl (C=O) groups excluding carboxylic acids is 4. The number of amides is 4. The van der Waals surface area contributed by atoms with Crippen molar-refractivity contribution in [1.82, 2.24) is 19.9 Å². The number of nitrogens with one attached hydrogen (secondary N) is 2. The molecule has 5 rings (SSSR count). The molecule has 0 radical (unpaired) electrons. The fraction of sp³-hybridized carbons (Fsp3) is 0.651. The van der Waals surface area contributed by atoms with Gasteiger partial charge in [0.15, 0.2) is 0 Å². The highest BCUT2D eigenvalue weighted by atomic mass is 35.5. The molecule has 4 N–H and O–H groups in total. The van der Waals surface area contributed by atoms with Crippen molar-refractivity contribution in [1.29, 1.82) is 0 Å². The molecule has 2 aromatic rings. The van der Waals surface area contributed by atoms with E-state index in [0.29, 0.717) is 60.4 Å². The quantitative estimate of drug-likeness (QED) is 0.134. The second kappa shape index (κ2) is 19.1. The molecule has 1 aromatic carbocycles. The van der Waals surface area contributed by atoms with Gasteiger partial charge in [-0.3, -0.25) is 19.1 Å². The molecule has 4 amide bonds. The van der Waals surface area contributed by atoms with E-state index in [1.165, 1.54) is 4.90 Å². The highest BCUT2D eigenvalue weighted by Gasteiger charge is 2.51. The van der Waals surface area contributed by atoms with Crippen LogP contribution in [0.15, 0.2) is 36.4 Å². The molecule has 3 fully saturated rings. The molecule has 14 nitrogen and oxygen atoms in total. The number of rotatable bonds is 18. The second-order valence-electron chi connectivity index (χ2n) is 17.9. The number of carbonyl (C=O) groups is 4. The average molecular weight is 861 g/mol. The first-order valence-electron chi connectivity index (χ1n) is 20.9. The molecule has 2 heterocycles. The molecule has 3 aliphatic rings. The minimum absolute atomic E-state index is 0.0151. The summed E-state index contributed by atoms with van der Waals surface area (Å²) >= 11 is 6.54. The van der Waals surface area contributed by atoms with Gasteiger partial charge in [-0.15, -0.1) is 0 Å². The Bertz CT molecular complexity index is 2000. The molecule has 2 saturated carbocycles. The molecule has 59 heavy (non-hydrogen) atoms. The van der Waals surface area contributed by atoms with Crippen LogP contribution in [0, 0.1) is 23.7 Å². The van der Waals surface area contributed by atoms with Crippen LogP contribution in [-0.4, -0.2) is 83.8 Å². The van der Waals surface area contributed by atoms with Gasteiger partial charge in [0.1, 0.15) is 23.8 Å². The third kappa shape index (κ3) is 11.8. The zero-order chi connectivity index (χ0) is 43.3. The number of halogens is 1. The molecule has 1 saturated heterocycles. The zero-order valence-electron chi connectivity index (χ0n) is 35.4. The SMILES string of the molecule is CCCOc1cc2c(Cl)cccc2c(O[C@@H]2C[C@@H](C(N)=O)N(C(=O)[C@@H](NC(=O)OC(C)(C)C)[C@H](C)C[C@H](C)CC/C=C\[C@@H]3CCCC3C(=O)NS(=O)(=O)C3(C)CC3)C2)n1. The van der Waals surface area contributed by atoms with Crippen LogP contribution in [0.5, 0.6) is 11.8 Å². The predicted octanol–water partition coefficient (Wildman–Crippen LogP) is 6.82. The maximum Gasteiger partial charge on any atom is 0.408 e. The maximum absolute atomic E-state index is 14.5. The van der Waals surface area contributed by atoms with Crippen LogP contribution in [0.2, 0.25) is 5.02 Å². The fourth-order valence-corrected chi connectivity index (χ4v) is 9.56. The number of benzene rings is 1. The van der Waals surface area contributed by atoms with Gasteiger partial charge in [0.05, 0.1) is 17.9 Å². The number of primary amides is 1. The van der Waals surface area contributed by atoms with Gasteiger partial charge in [-0.1, -0.05) is 57.0 Å². The molecule has 326 valence electrons. The lowest BCUT2D eigenvalue weighted by Crippen LogP contribution is -2.56. The number of likely N-dealkylation sites (tertiary alicyclic amines) is 1. The highest BCUT2D eigenvalue weighted by molar-refractivity contribution is 7.91. The summed E-state index contributed by atoms with van der Waals surface area (Å²) < 4.78 is 44.6. The van der Waals surface area contributed by atoms with Crippen molar-refractivity contribution < 1.29 is 41.8 Å². The topological polar surface area (TPSA) is 196 Å². The standard InChI is InChI=1S/C43H62ClN5O9S/c1-8-21-56-35-24-32-31(17-12-18-33(32)44)39(46-35)57-29-23-34(37(45)50)49(25-29)40(52)36(47-41(53)58-42(4,5)6)27(3)22-26(2)13-9-10-14-28-15-11-16-30(28)38(51)48-59(54,55)43(7)19-20-43/h10,12,14,17-18,24,26-30,34,36H,8-9,11,13,15-16,19-23,25H2,1-7H3,(H2,45,50)(H,47,53)(H,48,51)/b14-10-/t26-,27-,28-,29-,30?,34+,36+/m1/s1. The lowest BCUT2D eigenvalue weighted by atomic mass is 9.87. The van der Waals surface area contributed by atoms with Gasteiger partial charge >= 0.3 is 6.09 Å². The number of aromatic nitrogens is 1. The van der Waals surface area contributed by atoms with E-state index in [-0.39, 0.29) is 42.5 Å². The Balaban J connectivity index is 1.25. The van der Waals surface area contributed by atoms with E-state index in [1.807, 2.05) is 26.0 Å². The number of alkyl carbamates (subject to hydrolysis) is 1. The summed E-state index contributed by atoms with van der Waals surface area (Å²) in [5.41, 5.74) is 5.07. The Kier molecular flexibility index (Phi) is 14.9. The molecule has 7 atom stereocenters. The van der Waals surface area contributed by atoms with Gasteiger partial charge in [-0.2, -0.15) is 4.98 Å². The summed E-state index contributed by atoms with van der Waals surface area (Å²) in [5, 5.41) is 4.62. The van der Waals surface area contributed by atoms with Gasteiger partial charge in [0.25, 0.3) is 0 Å². The Morgan fingerprint density at radius 1 is 1.14 bits per heavy atom. The molecular weight excluding hydrogens is 798 g/mol. The molecule has 1 aliphatic heterocycles. The number of nitrogens with zero attached hydrogens (tertiary/aromatic N) is 2. The zero-order valence-corrected chi connectivity index (χ0v) is 37.0. The van der Waals surface area contributed by atoms with Crippen LogP contribution in [0.3, 0.4) is 0 Å². The van der Waals surface area contributed by atoms with Gasteiger partial charge < -0.3 is 30.2 Å². The Morgan fingerprint density at radius 2 is 1.86 bits per heavy atom. The summed E-state index contributed by atoms with van der Waals surface area (Å²) in [6, 6.07) is 5.07. The monoisotopic (exact) mass is 859 g/mol. The number of fused-ring (bicyclic) bond motifs is 1. The number of sulfonamides is 1. The third-order valence-corrected chi connectivity index (χ3v) is 14.1. The van der Waals surface area contributed by atoms with Gasteiger partial charge in [0.2, 0.25) is 39.5 Å². The van der Waals surface area contributed by atoms with Gasteiger partial charge in [-0.05, 0) is 109 Å². The van der Waals surface area contributed by atoms with Gasteiger partial charge in [-0.25, -0.2) is 13.2 Å². The van der Waals surface area contributed by atoms with Crippen molar-refractivity contribution >= 4 is 56.2 Å². The molecule has 1 aromatic heterocycles. The fourth-order valence-electron chi connectivity index (χ4n) is 8.03. The number of hydrogen-bond acceptors (Lipinski definition) is 10. The van der Waals surface area contributed by atoms with Gasteiger partial charge in [0, 0.05) is 34.2 Å². The Labute approximate surface area is 353 Å². The molecule has 16 heteroatoms. The van der Waals surface area contributed by atoms with Crippen molar-refractivity contribution in [2.24, 2.45) is 29.4 Å². The van der Waals surface area contributed by atoms with Crippen LogP contribution < -0.4 is 25.2 Å². The van der Waals surface area contributed by atoms with Crippen molar-refractivity contribution in [3.05, 3.63) is 41.4 Å². The summed E-state index contributed by atoms with van der Waals surface area (Å²) in [7, 11) is -3.69. The first-order chi connectivity index (χ1) is 27.7. The average Bonchev–Trinajstić information content (AvgIpc) is 3.53. The van der Waals surface area contributed by atoms with E-state index in [4.69, 9.17) is 31.5 Å². The van der Waals surface area contributed by atoms with Crippen LogP contribution in [-0.2, 0) is 29.1 Å². The lowest BCUT2D eigenvalue weighted by molar-refractivity contribution is -0.140. The van der Waals surface area contributed by atoms with E-state index in [2.05, 4.69) is 28.0 Å². The minimum Gasteiger partial charge on any atom is -0.478 e. The number of ether oxygens (including phenoxy) is 3. The molecule has 2 aliphatic carbocycles. The predicted molar refractivity (Wildman–Crippen MR) is 226 cm³/mol. The van der Waals surface area contributed by atoms with Crippen LogP contribution in [0.25, 0.3) is 10.8 Å². The maximum atomic E-state index is 14.5. The van der Waals surface area contributed by atoms with Crippen molar-refractivity contribution in [2.45, 2.75) is 141 Å². The third-order valence-electron chi connectivity index (χ3n) is 11.6. The molecule has 0 spiro atoms. The van der Waals surface area contributed by atoms with E-state index < -0.39 is 62.4 Å². The van der Waals surface area contributed by atoms with Crippen molar-refractivity contribution in [2.75, 3.05) is 13.2 Å². The highest BCUT2D eigenvalue weighted by Crippen LogP contribution is 2.43. The van der Waals surface area contributed by atoms with Crippen LogP contribution in [0.4, 0.5) is 4.79 Å². The summed E-state index contributed by atoms with van der Waals surface area (Å²) in [6.45, 7) is 13.3. The number of allylic oxidation sites excluding steroid dienone is 2. The Hall–Kier alpha value is -4.11. The summed E-state index contributed by atoms with van der Waals surface area (Å²) in [4.78, 5) is 59.5. The largest absolute Gasteiger partial charge is 0.478 e. The number of pyridine rings is 1. The van der Waals surface area contributed by atoms with E-state index in [0.717, 1.165) is 25.7 Å². The van der Waals surface area contributed by atoms with Crippen molar-refractivity contribution in [3.63, 3.8) is 0 Å². The Morgan fingerprint density at radius 3 is 2.53 bits per heavy atom.